The van der Waals surface area contributed by atoms with Crippen LogP contribution in [0, 0.1) is 0 Å². The molecular formula is C15H23B. The number of hydrogen-bond acceptors (Lipinski definition) is 0. The van der Waals surface area contributed by atoms with E-state index < -0.39 is 0 Å². The van der Waals surface area contributed by atoms with Crippen LogP contribution in [0.1, 0.15) is 32.8 Å². The fourth-order valence-corrected chi connectivity index (χ4v) is 1.73. The standard InChI is InChI=1S/C15H23B/c1-12(2)6-7-14-8-10-15(11-9-14)16(5)13(3)4/h8-11,13H,1,6-7H2,2-5H3. The zero-order valence-corrected chi connectivity index (χ0v) is 11.1. The Hall–Kier alpha value is -0.975. The molecule has 0 spiro atoms. The highest BCUT2D eigenvalue weighted by atomic mass is 14.0. The maximum absolute atomic E-state index is 3.94. The molecule has 0 amide bonds. The van der Waals surface area contributed by atoms with Crippen molar-refractivity contribution in [2.45, 2.75) is 46.3 Å². The first kappa shape index (κ1) is 13.1. The van der Waals surface area contributed by atoms with Crippen LogP contribution in [0.5, 0.6) is 0 Å². The third kappa shape index (κ3) is 3.88. The van der Waals surface area contributed by atoms with Crippen LogP contribution in [0.25, 0.3) is 0 Å². The van der Waals surface area contributed by atoms with Gasteiger partial charge in [0.1, 0.15) is 0 Å². The third-order valence-electron chi connectivity index (χ3n) is 3.35. The second-order valence-electron chi connectivity index (χ2n) is 5.23. The van der Waals surface area contributed by atoms with Crippen LogP contribution in [0.4, 0.5) is 0 Å². The van der Waals surface area contributed by atoms with Gasteiger partial charge in [-0.1, -0.05) is 61.8 Å². The van der Waals surface area contributed by atoms with Crippen molar-refractivity contribution < 1.29 is 0 Å². The Morgan fingerprint density at radius 3 is 2.25 bits per heavy atom. The predicted molar refractivity (Wildman–Crippen MR) is 75.9 cm³/mol. The molecule has 16 heavy (non-hydrogen) atoms. The van der Waals surface area contributed by atoms with Gasteiger partial charge >= 0.3 is 0 Å². The van der Waals surface area contributed by atoms with Gasteiger partial charge in [-0.05, 0) is 25.3 Å². The summed E-state index contributed by atoms with van der Waals surface area (Å²) in [5.74, 6) is 0.710. The molecule has 0 radical (unpaired) electrons. The summed E-state index contributed by atoms with van der Waals surface area (Å²) in [5.41, 5.74) is 4.14. The lowest BCUT2D eigenvalue weighted by molar-refractivity contribution is 0.946. The maximum Gasteiger partial charge on any atom is 0.175 e. The second kappa shape index (κ2) is 5.93. The van der Waals surface area contributed by atoms with E-state index in [1.54, 1.807) is 0 Å². The van der Waals surface area contributed by atoms with E-state index in [1.165, 1.54) is 16.6 Å². The van der Waals surface area contributed by atoms with Gasteiger partial charge in [-0.25, -0.2) is 0 Å². The molecule has 0 atom stereocenters. The van der Waals surface area contributed by atoms with Crippen molar-refractivity contribution in [1.29, 1.82) is 0 Å². The zero-order chi connectivity index (χ0) is 12.1. The third-order valence-corrected chi connectivity index (χ3v) is 3.35. The molecule has 0 bridgehead atoms. The number of hydrogen-bond donors (Lipinski definition) is 0. The molecule has 0 heterocycles. The van der Waals surface area contributed by atoms with Gasteiger partial charge < -0.3 is 0 Å². The van der Waals surface area contributed by atoms with Gasteiger partial charge in [0.2, 0.25) is 0 Å². The minimum absolute atomic E-state index is 0.648. The Morgan fingerprint density at radius 2 is 1.81 bits per heavy atom. The van der Waals surface area contributed by atoms with Gasteiger partial charge in [0.05, 0.1) is 0 Å². The average Bonchev–Trinajstić information content (AvgIpc) is 2.26. The van der Waals surface area contributed by atoms with Gasteiger partial charge in [0.15, 0.2) is 6.71 Å². The monoisotopic (exact) mass is 214 g/mol. The minimum atomic E-state index is 0.648. The largest absolute Gasteiger partial charge is 0.175 e. The van der Waals surface area contributed by atoms with Crippen molar-refractivity contribution in [3.05, 3.63) is 42.0 Å². The van der Waals surface area contributed by atoms with Gasteiger partial charge in [-0.3, -0.25) is 0 Å². The lowest BCUT2D eigenvalue weighted by Gasteiger charge is -2.12. The number of allylic oxidation sites excluding steroid dienone is 1. The van der Waals surface area contributed by atoms with Crippen LogP contribution in [0.3, 0.4) is 0 Å². The summed E-state index contributed by atoms with van der Waals surface area (Å²) in [6, 6.07) is 9.07. The smallest absolute Gasteiger partial charge is 0.100 e. The van der Waals surface area contributed by atoms with Crippen molar-refractivity contribution in [3.8, 4) is 0 Å². The van der Waals surface area contributed by atoms with Crippen molar-refractivity contribution in [3.63, 3.8) is 0 Å². The molecule has 0 N–H and O–H groups in total. The number of rotatable bonds is 5. The van der Waals surface area contributed by atoms with E-state index in [9.17, 15) is 0 Å². The molecule has 0 aliphatic heterocycles. The topological polar surface area (TPSA) is 0 Å². The Balaban J connectivity index is 2.64. The van der Waals surface area contributed by atoms with Gasteiger partial charge in [0, 0.05) is 0 Å². The van der Waals surface area contributed by atoms with Crippen LogP contribution in [-0.2, 0) is 6.42 Å². The second-order valence-corrected chi connectivity index (χ2v) is 5.23. The van der Waals surface area contributed by atoms with E-state index >= 15 is 0 Å². The van der Waals surface area contributed by atoms with Crippen molar-refractivity contribution in [1.82, 2.24) is 0 Å². The van der Waals surface area contributed by atoms with Gasteiger partial charge in [-0.2, -0.15) is 0 Å². The molecule has 1 heteroatoms. The minimum Gasteiger partial charge on any atom is -0.100 e. The Labute approximate surface area is 101 Å². The van der Waals surface area contributed by atoms with E-state index in [4.69, 9.17) is 0 Å². The first-order valence-electron chi connectivity index (χ1n) is 6.24. The molecule has 0 aromatic heterocycles. The fourth-order valence-electron chi connectivity index (χ4n) is 1.73. The number of aryl methyl sites for hydroxylation is 1. The molecular weight excluding hydrogens is 191 g/mol. The Morgan fingerprint density at radius 1 is 1.25 bits per heavy atom. The Bertz CT molecular complexity index is 335. The van der Waals surface area contributed by atoms with Crippen molar-refractivity contribution in [2.75, 3.05) is 0 Å². The van der Waals surface area contributed by atoms with Gasteiger partial charge in [-0.15, -0.1) is 6.58 Å². The average molecular weight is 214 g/mol. The normalized spacial score (nSPS) is 10.6. The highest BCUT2D eigenvalue weighted by molar-refractivity contribution is 6.73. The summed E-state index contributed by atoms with van der Waals surface area (Å²) in [6.45, 7) is 13.5. The number of benzene rings is 1. The van der Waals surface area contributed by atoms with E-state index in [-0.39, 0.29) is 0 Å². The lowest BCUT2D eigenvalue weighted by atomic mass is 9.40. The summed E-state index contributed by atoms with van der Waals surface area (Å²) in [7, 11) is 0. The quantitative estimate of drug-likeness (QED) is 0.514. The highest BCUT2D eigenvalue weighted by Crippen LogP contribution is 2.10. The van der Waals surface area contributed by atoms with E-state index in [1.807, 2.05) is 0 Å². The highest BCUT2D eigenvalue weighted by Gasteiger charge is 2.13. The SMILES string of the molecule is C=C(C)CCc1ccc(B(C)C(C)C)cc1. The molecule has 1 aromatic carbocycles. The van der Waals surface area contributed by atoms with Crippen LogP contribution in [0.2, 0.25) is 12.6 Å². The van der Waals surface area contributed by atoms with Crippen LogP contribution >= 0.6 is 0 Å². The summed E-state index contributed by atoms with van der Waals surface area (Å²) < 4.78 is 0. The van der Waals surface area contributed by atoms with E-state index in [0.717, 1.165) is 12.8 Å². The molecule has 0 saturated carbocycles. The first-order valence-corrected chi connectivity index (χ1v) is 6.24. The summed E-state index contributed by atoms with van der Waals surface area (Å²) >= 11 is 0. The molecule has 1 rings (SSSR count). The Kier molecular flexibility index (Phi) is 4.85. The van der Waals surface area contributed by atoms with Crippen LogP contribution in [-0.4, -0.2) is 6.71 Å². The van der Waals surface area contributed by atoms with Crippen molar-refractivity contribution in [2.24, 2.45) is 0 Å². The molecule has 1 aromatic rings. The molecule has 0 aliphatic rings. The molecule has 0 nitrogen and oxygen atoms in total. The van der Waals surface area contributed by atoms with Crippen LogP contribution in [0.15, 0.2) is 36.4 Å². The molecule has 0 saturated heterocycles. The zero-order valence-electron chi connectivity index (χ0n) is 11.1. The molecule has 0 unspecified atom stereocenters. The fraction of sp³-hybridized carbons (Fsp3) is 0.467. The lowest BCUT2D eigenvalue weighted by Crippen LogP contribution is -2.29. The summed E-state index contributed by atoms with van der Waals surface area (Å²) in [6.07, 6.45) is 2.21. The molecule has 86 valence electrons. The summed E-state index contributed by atoms with van der Waals surface area (Å²) in [4.78, 5) is 0. The van der Waals surface area contributed by atoms with Gasteiger partial charge in [0.25, 0.3) is 0 Å². The van der Waals surface area contributed by atoms with E-state index in [0.29, 0.717) is 12.5 Å². The predicted octanol–water partition coefficient (Wildman–Crippen LogP) is 3.94. The van der Waals surface area contributed by atoms with E-state index in [2.05, 4.69) is 58.4 Å². The van der Waals surface area contributed by atoms with Crippen LogP contribution < -0.4 is 5.46 Å². The first-order chi connectivity index (χ1) is 7.50. The van der Waals surface area contributed by atoms with Crippen molar-refractivity contribution >= 4 is 12.2 Å². The maximum atomic E-state index is 3.94. The summed E-state index contributed by atoms with van der Waals surface area (Å²) in [5, 5.41) is 0. The molecule has 0 aliphatic carbocycles. The molecule has 0 fully saturated rings.